The highest BCUT2D eigenvalue weighted by Gasteiger charge is 2.30. The lowest BCUT2D eigenvalue weighted by molar-refractivity contribution is 0.0172. The van der Waals surface area contributed by atoms with Crippen molar-refractivity contribution >= 4 is 11.3 Å². The predicted octanol–water partition coefficient (Wildman–Crippen LogP) is 5.92. The van der Waals surface area contributed by atoms with Crippen molar-refractivity contribution in [1.29, 1.82) is 0 Å². The fraction of sp³-hybridized carbons (Fsp3) is 0.310. The van der Waals surface area contributed by atoms with Gasteiger partial charge in [-0.15, -0.1) is 0 Å². The van der Waals surface area contributed by atoms with E-state index in [1.807, 2.05) is 4.40 Å². The first-order valence-corrected chi connectivity index (χ1v) is 12.4. The van der Waals surface area contributed by atoms with Crippen LogP contribution in [-0.4, -0.2) is 36.6 Å². The number of fused-ring (bicyclic) bond motifs is 1. The lowest BCUT2D eigenvalue weighted by atomic mass is 10.0. The topological polar surface area (TPSA) is 63.4 Å². The first-order chi connectivity index (χ1) is 18.3. The number of benzene rings is 1. The Hall–Kier alpha value is -4.19. The van der Waals surface area contributed by atoms with Gasteiger partial charge in [0.15, 0.2) is 5.78 Å². The predicted molar refractivity (Wildman–Crippen MR) is 137 cm³/mol. The molecule has 38 heavy (non-hydrogen) atoms. The number of pyridine rings is 1. The molecule has 5 rings (SSSR count). The largest absolute Gasteiger partial charge is 0.322 e. The first kappa shape index (κ1) is 25.5. The van der Waals surface area contributed by atoms with Crippen LogP contribution in [0.1, 0.15) is 65.9 Å². The van der Waals surface area contributed by atoms with Crippen molar-refractivity contribution in [1.82, 2.24) is 24.3 Å². The fourth-order valence-electron chi connectivity index (χ4n) is 4.90. The van der Waals surface area contributed by atoms with E-state index >= 15 is 0 Å². The molecule has 3 aromatic heterocycles. The zero-order valence-electron chi connectivity index (χ0n) is 21.1. The van der Waals surface area contributed by atoms with Crippen molar-refractivity contribution < 1.29 is 18.0 Å². The average molecular weight is 518 g/mol. The van der Waals surface area contributed by atoms with Crippen LogP contribution in [0.15, 0.2) is 55.0 Å². The van der Waals surface area contributed by atoms with Crippen molar-refractivity contribution in [2.24, 2.45) is 0 Å². The molecular formula is C29H26F3N5O. The summed E-state index contributed by atoms with van der Waals surface area (Å²) in [6.07, 6.45) is 6.40. The van der Waals surface area contributed by atoms with Gasteiger partial charge in [-0.1, -0.05) is 30.2 Å². The zero-order valence-corrected chi connectivity index (χ0v) is 21.1. The van der Waals surface area contributed by atoms with Crippen LogP contribution in [0.2, 0.25) is 0 Å². The number of hydrogen-bond acceptors (Lipinski definition) is 5. The molecule has 0 aliphatic carbocycles. The molecule has 1 aliphatic rings. The summed E-state index contributed by atoms with van der Waals surface area (Å²) < 4.78 is 43.2. The van der Waals surface area contributed by atoms with E-state index < -0.39 is 12.6 Å². The van der Waals surface area contributed by atoms with Gasteiger partial charge in [0.25, 0.3) is 5.92 Å². The maximum atomic E-state index is 14.0. The number of aromatic nitrogens is 4. The second kappa shape index (κ2) is 10.3. The molecule has 1 saturated heterocycles. The summed E-state index contributed by atoms with van der Waals surface area (Å²) in [5.41, 5.74) is 2.67. The van der Waals surface area contributed by atoms with Crippen LogP contribution in [-0.2, 0) is 19.0 Å². The molecular weight excluding hydrogens is 491 g/mol. The maximum absolute atomic E-state index is 14.0. The number of hydrogen-bond donors (Lipinski definition) is 0. The molecule has 4 heterocycles. The van der Waals surface area contributed by atoms with Crippen LogP contribution in [0.3, 0.4) is 0 Å². The molecule has 0 amide bonds. The van der Waals surface area contributed by atoms with Crippen molar-refractivity contribution in [3.8, 4) is 23.2 Å². The van der Waals surface area contributed by atoms with Gasteiger partial charge in [-0.25, -0.2) is 18.2 Å². The van der Waals surface area contributed by atoms with E-state index in [0.29, 0.717) is 22.3 Å². The number of nitrogens with zero attached hydrogens (tertiary/aromatic N) is 5. The van der Waals surface area contributed by atoms with E-state index in [9.17, 15) is 18.0 Å². The van der Waals surface area contributed by atoms with Crippen LogP contribution in [0.25, 0.3) is 16.8 Å². The summed E-state index contributed by atoms with van der Waals surface area (Å²) in [7, 11) is 0. The molecule has 1 aromatic carbocycles. The molecule has 0 radical (unpaired) electrons. The Bertz CT molecular complexity index is 1550. The number of imidazole rings is 1. The van der Waals surface area contributed by atoms with Gasteiger partial charge >= 0.3 is 0 Å². The molecule has 0 bridgehead atoms. The Balaban J connectivity index is 1.47. The minimum atomic E-state index is -3.01. The second-order valence-electron chi connectivity index (χ2n) is 9.36. The molecule has 0 saturated carbocycles. The lowest BCUT2D eigenvalue weighted by Gasteiger charge is -2.19. The molecule has 0 unspecified atom stereocenters. The average Bonchev–Trinajstić information content (AvgIpc) is 3.53. The summed E-state index contributed by atoms with van der Waals surface area (Å²) in [4.78, 5) is 28.2. The number of carbonyl (C=O) groups excluding carboxylic acids is 1. The van der Waals surface area contributed by atoms with Gasteiger partial charge in [-0.3, -0.25) is 19.2 Å². The third-order valence-corrected chi connectivity index (χ3v) is 6.74. The standard InChI is InChI=1S/C29H26F3N5O/c1-3-13-36-14-4-5-24(36)28-35-26(27-23(18-30)34-12-15-37(27)28)20-8-6-19(7-9-20)25(38)17-22-16-21(10-11-33-22)29(2,31)32/h6-12,15-16,24H,4-5,14,17-18H2,1-2H3/t24-/m0/s1. The number of alkyl halides is 3. The van der Waals surface area contributed by atoms with E-state index in [4.69, 9.17) is 4.98 Å². The maximum Gasteiger partial charge on any atom is 0.270 e. The van der Waals surface area contributed by atoms with Crippen molar-refractivity contribution in [3.05, 3.63) is 83.3 Å². The smallest absolute Gasteiger partial charge is 0.270 e. The van der Waals surface area contributed by atoms with Crippen LogP contribution in [0.5, 0.6) is 0 Å². The summed E-state index contributed by atoms with van der Waals surface area (Å²) >= 11 is 0. The van der Waals surface area contributed by atoms with Gasteiger partial charge in [0.2, 0.25) is 0 Å². The molecule has 1 fully saturated rings. The highest BCUT2D eigenvalue weighted by Crippen LogP contribution is 2.36. The quantitative estimate of drug-likeness (QED) is 0.225. The van der Waals surface area contributed by atoms with Gasteiger partial charge in [0.1, 0.15) is 12.5 Å². The minimum absolute atomic E-state index is 0.0295. The molecule has 0 spiro atoms. The van der Waals surface area contributed by atoms with Gasteiger partial charge in [0.05, 0.1) is 29.4 Å². The summed E-state index contributed by atoms with van der Waals surface area (Å²) in [6.45, 7) is 2.69. The molecule has 1 atom stereocenters. The Morgan fingerprint density at radius 2 is 1.95 bits per heavy atom. The highest BCUT2D eigenvalue weighted by molar-refractivity contribution is 5.98. The Kier molecular flexibility index (Phi) is 6.89. The Morgan fingerprint density at radius 1 is 1.16 bits per heavy atom. The van der Waals surface area contributed by atoms with Crippen molar-refractivity contribution in [2.75, 3.05) is 6.54 Å². The molecule has 1 aliphatic heterocycles. The summed E-state index contributed by atoms with van der Waals surface area (Å²) in [6, 6.07) is 12.5. The fourth-order valence-corrected chi connectivity index (χ4v) is 4.90. The Morgan fingerprint density at radius 3 is 2.66 bits per heavy atom. The monoisotopic (exact) mass is 517 g/mol. The second-order valence-corrected chi connectivity index (χ2v) is 9.36. The van der Waals surface area contributed by atoms with E-state index in [0.717, 1.165) is 32.1 Å². The number of halogens is 3. The normalized spacial score (nSPS) is 15.5. The van der Waals surface area contributed by atoms with E-state index in [1.165, 1.54) is 18.3 Å². The lowest BCUT2D eigenvalue weighted by Crippen LogP contribution is -2.19. The summed E-state index contributed by atoms with van der Waals surface area (Å²) in [5, 5.41) is 0. The molecule has 0 N–H and O–H groups in total. The SMILES string of the molecule is CC#CN1CCC[C@H]1c1nc(-c2ccc(C(=O)Cc3cc(C(C)(F)F)ccn3)cc2)c2c(CF)nccn12. The molecule has 9 heteroatoms. The number of carbonyl (C=O) groups is 1. The number of rotatable bonds is 7. The number of likely N-dealkylation sites (tertiary alicyclic amines) is 1. The van der Waals surface area contributed by atoms with E-state index in [-0.39, 0.29) is 35.2 Å². The van der Waals surface area contributed by atoms with Crippen LogP contribution < -0.4 is 0 Å². The van der Waals surface area contributed by atoms with Crippen molar-refractivity contribution in [2.45, 2.75) is 51.7 Å². The molecule has 194 valence electrons. The van der Waals surface area contributed by atoms with Gasteiger partial charge < -0.3 is 4.90 Å². The Labute approximate surface area is 218 Å². The number of Topliss-reactive ketones (excluding diaryl/α,β-unsaturated/α-hetero) is 1. The van der Waals surface area contributed by atoms with E-state index in [2.05, 4.69) is 26.8 Å². The molecule has 4 aromatic rings. The third kappa shape index (κ3) is 4.86. The third-order valence-electron chi connectivity index (χ3n) is 6.74. The van der Waals surface area contributed by atoms with Crippen molar-refractivity contribution in [3.63, 3.8) is 0 Å². The van der Waals surface area contributed by atoms with Crippen LogP contribution in [0.4, 0.5) is 13.2 Å². The van der Waals surface area contributed by atoms with Gasteiger partial charge in [-0.2, -0.15) is 0 Å². The van der Waals surface area contributed by atoms with Gasteiger partial charge in [0, 0.05) is 60.5 Å². The summed E-state index contributed by atoms with van der Waals surface area (Å²) in [5.74, 6) is 0.464. The highest BCUT2D eigenvalue weighted by atomic mass is 19.3. The zero-order chi connectivity index (χ0) is 26.9. The number of ketones is 1. The van der Waals surface area contributed by atoms with Gasteiger partial charge in [-0.05, 0) is 31.9 Å². The van der Waals surface area contributed by atoms with E-state index in [1.54, 1.807) is 43.6 Å². The first-order valence-electron chi connectivity index (χ1n) is 12.4. The molecule has 6 nitrogen and oxygen atoms in total. The van der Waals surface area contributed by atoms with Crippen LogP contribution in [0, 0.1) is 12.0 Å². The van der Waals surface area contributed by atoms with Crippen LogP contribution >= 0.6 is 0 Å². The minimum Gasteiger partial charge on any atom is -0.322 e.